The summed E-state index contributed by atoms with van der Waals surface area (Å²) in [6, 6.07) is 14.8. The second kappa shape index (κ2) is 9.61. The maximum atomic E-state index is 12.4. The van der Waals surface area contributed by atoms with Gasteiger partial charge in [0.2, 0.25) is 0 Å². The van der Waals surface area contributed by atoms with E-state index in [2.05, 4.69) is 10.2 Å². The molecule has 148 valence electrons. The van der Waals surface area contributed by atoms with Crippen LogP contribution in [0, 0.1) is 0 Å². The number of amides is 1. The summed E-state index contributed by atoms with van der Waals surface area (Å²) in [6.45, 7) is 4.73. The standard InChI is InChI=1S/C21H24N2O4S/c1-15(27-21(25)18-5-3-4-6-19(18)28-2)20(24)22-16-7-9-17(10-8-16)23-11-13-26-14-12-23/h3-10,15H,11-14H2,1-2H3,(H,22,24)/t15-/m1/s1. The molecule has 0 bridgehead atoms. The molecule has 28 heavy (non-hydrogen) atoms. The van der Waals surface area contributed by atoms with Crippen molar-refractivity contribution in [2.24, 2.45) is 0 Å². The van der Waals surface area contributed by atoms with Gasteiger partial charge in [-0.05, 0) is 49.6 Å². The topological polar surface area (TPSA) is 67.9 Å². The molecule has 2 aromatic rings. The highest BCUT2D eigenvalue weighted by Crippen LogP contribution is 2.22. The third kappa shape index (κ3) is 5.05. The molecule has 1 aliphatic rings. The SMILES string of the molecule is CSc1ccccc1C(=O)O[C@H](C)C(=O)Nc1ccc(N2CCOCC2)cc1. The van der Waals surface area contributed by atoms with Gasteiger partial charge in [-0.2, -0.15) is 0 Å². The molecule has 0 unspecified atom stereocenters. The van der Waals surface area contributed by atoms with E-state index in [1.54, 1.807) is 19.1 Å². The first-order chi connectivity index (χ1) is 13.6. The predicted octanol–water partition coefficient (Wildman–Crippen LogP) is 3.43. The van der Waals surface area contributed by atoms with Gasteiger partial charge in [0.05, 0.1) is 18.8 Å². The number of carbonyl (C=O) groups excluding carboxylic acids is 2. The van der Waals surface area contributed by atoms with Crippen molar-refractivity contribution in [3.63, 3.8) is 0 Å². The number of rotatable bonds is 6. The largest absolute Gasteiger partial charge is 0.449 e. The first-order valence-electron chi connectivity index (χ1n) is 9.16. The zero-order chi connectivity index (χ0) is 19.9. The van der Waals surface area contributed by atoms with Crippen molar-refractivity contribution in [3.05, 3.63) is 54.1 Å². The molecule has 1 N–H and O–H groups in total. The number of esters is 1. The summed E-state index contributed by atoms with van der Waals surface area (Å²) < 4.78 is 10.7. The molecule has 0 radical (unpaired) electrons. The fourth-order valence-electron chi connectivity index (χ4n) is 2.91. The molecule has 1 atom stereocenters. The first-order valence-corrected chi connectivity index (χ1v) is 10.4. The van der Waals surface area contributed by atoms with Gasteiger partial charge in [-0.3, -0.25) is 4.79 Å². The van der Waals surface area contributed by atoms with E-state index in [0.717, 1.165) is 36.9 Å². The Labute approximate surface area is 169 Å². The lowest BCUT2D eigenvalue weighted by atomic mass is 10.2. The lowest BCUT2D eigenvalue weighted by Crippen LogP contribution is -2.36. The van der Waals surface area contributed by atoms with Crippen LogP contribution in [0.3, 0.4) is 0 Å². The van der Waals surface area contributed by atoms with Gasteiger partial charge in [0.25, 0.3) is 5.91 Å². The third-order valence-corrected chi connectivity index (χ3v) is 5.29. The molecule has 1 amide bonds. The average molecular weight is 401 g/mol. The molecule has 1 fully saturated rings. The molecule has 0 aromatic heterocycles. The third-order valence-electron chi connectivity index (χ3n) is 4.49. The van der Waals surface area contributed by atoms with Gasteiger partial charge in [0.15, 0.2) is 6.10 Å². The molecular weight excluding hydrogens is 376 g/mol. The van der Waals surface area contributed by atoms with E-state index >= 15 is 0 Å². The Hall–Kier alpha value is -2.51. The van der Waals surface area contributed by atoms with E-state index in [0.29, 0.717) is 11.3 Å². The fourth-order valence-corrected chi connectivity index (χ4v) is 3.50. The van der Waals surface area contributed by atoms with Crippen molar-refractivity contribution in [2.45, 2.75) is 17.9 Å². The maximum Gasteiger partial charge on any atom is 0.340 e. The van der Waals surface area contributed by atoms with E-state index in [1.807, 2.05) is 42.7 Å². The predicted molar refractivity (Wildman–Crippen MR) is 111 cm³/mol. The summed E-state index contributed by atoms with van der Waals surface area (Å²) in [4.78, 5) is 27.8. The van der Waals surface area contributed by atoms with Gasteiger partial charge < -0.3 is 19.7 Å². The van der Waals surface area contributed by atoms with Crippen LogP contribution in [0.4, 0.5) is 11.4 Å². The number of thioether (sulfide) groups is 1. The highest BCUT2D eigenvalue weighted by atomic mass is 32.2. The number of benzene rings is 2. The van der Waals surface area contributed by atoms with Crippen molar-refractivity contribution in [2.75, 3.05) is 42.8 Å². The van der Waals surface area contributed by atoms with Gasteiger partial charge in [0, 0.05) is 29.4 Å². The van der Waals surface area contributed by atoms with E-state index in [1.165, 1.54) is 11.8 Å². The minimum absolute atomic E-state index is 0.367. The van der Waals surface area contributed by atoms with Gasteiger partial charge >= 0.3 is 5.97 Å². The lowest BCUT2D eigenvalue weighted by Gasteiger charge is -2.28. The average Bonchev–Trinajstić information content (AvgIpc) is 2.74. The minimum atomic E-state index is -0.902. The van der Waals surface area contributed by atoms with Crippen LogP contribution in [-0.2, 0) is 14.3 Å². The summed E-state index contributed by atoms with van der Waals surface area (Å²) >= 11 is 1.46. The Morgan fingerprint density at radius 1 is 1.11 bits per heavy atom. The van der Waals surface area contributed by atoms with Gasteiger partial charge in [-0.15, -0.1) is 11.8 Å². The molecule has 7 heteroatoms. The molecule has 6 nitrogen and oxygen atoms in total. The van der Waals surface area contributed by atoms with Crippen molar-refractivity contribution in [1.82, 2.24) is 0 Å². The van der Waals surface area contributed by atoms with E-state index in [9.17, 15) is 9.59 Å². The Kier molecular flexibility index (Phi) is 6.95. The van der Waals surface area contributed by atoms with Crippen LogP contribution in [-0.4, -0.2) is 50.5 Å². The first kappa shape index (κ1) is 20.2. The van der Waals surface area contributed by atoms with E-state index in [4.69, 9.17) is 9.47 Å². The van der Waals surface area contributed by atoms with Gasteiger partial charge in [0.1, 0.15) is 0 Å². The van der Waals surface area contributed by atoms with Crippen LogP contribution in [0.25, 0.3) is 0 Å². The molecule has 3 rings (SSSR count). The van der Waals surface area contributed by atoms with E-state index < -0.39 is 12.1 Å². The quantitative estimate of drug-likeness (QED) is 0.592. The second-order valence-electron chi connectivity index (χ2n) is 6.38. The zero-order valence-corrected chi connectivity index (χ0v) is 16.8. The van der Waals surface area contributed by atoms with Crippen LogP contribution in [0.15, 0.2) is 53.4 Å². The Balaban J connectivity index is 1.57. The number of anilines is 2. The fraction of sp³-hybridized carbons (Fsp3) is 0.333. The number of nitrogens with zero attached hydrogens (tertiary/aromatic N) is 1. The summed E-state index contributed by atoms with van der Waals surface area (Å²) in [7, 11) is 0. The maximum absolute atomic E-state index is 12.4. The number of carbonyl (C=O) groups is 2. The summed E-state index contributed by atoms with van der Waals surface area (Å²) in [5.41, 5.74) is 2.22. The monoisotopic (exact) mass is 400 g/mol. The van der Waals surface area contributed by atoms with Crippen LogP contribution in [0.5, 0.6) is 0 Å². The van der Waals surface area contributed by atoms with Crippen molar-refractivity contribution in [3.8, 4) is 0 Å². The van der Waals surface area contributed by atoms with Crippen molar-refractivity contribution < 1.29 is 19.1 Å². The minimum Gasteiger partial charge on any atom is -0.449 e. The van der Waals surface area contributed by atoms with Gasteiger partial charge in [-0.25, -0.2) is 4.79 Å². The highest BCUT2D eigenvalue weighted by molar-refractivity contribution is 7.98. The Bertz CT molecular complexity index is 819. The summed E-state index contributed by atoms with van der Waals surface area (Å²) in [5, 5.41) is 2.79. The highest BCUT2D eigenvalue weighted by Gasteiger charge is 2.21. The van der Waals surface area contributed by atoms with E-state index in [-0.39, 0.29) is 5.91 Å². The number of nitrogens with one attached hydrogen (secondary N) is 1. The number of hydrogen-bond donors (Lipinski definition) is 1. The summed E-state index contributed by atoms with van der Waals surface area (Å²) in [6.07, 6.45) is 0.990. The molecule has 2 aromatic carbocycles. The molecule has 1 saturated heterocycles. The molecule has 1 heterocycles. The Morgan fingerprint density at radius 2 is 1.79 bits per heavy atom. The summed E-state index contributed by atoms with van der Waals surface area (Å²) in [5.74, 6) is -0.871. The second-order valence-corrected chi connectivity index (χ2v) is 7.23. The van der Waals surface area contributed by atoms with Crippen molar-refractivity contribution >= 4 is 35.0 Å². The molecule has 1 aliphatic heterocycles. The number of ether oxygens (including phenoxy) is 2. The van der Waals surface area contributed by atoms with Crippen LogP contribution >= 0.6 is 11.8 Å². The Morgan fingerprint density at radius 3 is 2.46 bits per heavy atom. The lowest BCUT2D eigenvalue weighted by molar-refractivity contribution is -0.123. The smallest absolute Gasteiger partial charge is 0.340 e. The molecule has 0 aliphatic carbocycles. The molecule has 0 saturated carbocycles. The molecule has 0 spiro atoms. The molecular formula is C21H24N2O4S. The van der Waals surface area contributed by atoms with Crippen molar-refractivity contribution in [1.29, 1.82) is 0 Å². The number of hydrogen-bond acceptors (Lipinski definition) is 6. The van der Waals surface area contributed by atoms with Crippen LogP contribution < -0.4 is 10.2 Å². The number of morpholine rings is 1. The normalized spacial score (nSPS) is 15.0. The van der Waals surface area contributed by atoms with Crippen LogP contribution in [0.2, 0.25) is 0 Å². The zero-order valence-electron chi connectivity index (χ0n) is 16.0. The van der Waals surface area contributed by atoms with Gasteiger partial charge in [-0.1, -0.05) is 12.1 Å². The van der Waals surface area contributed by atoms with Crippen LogP contribution in [0.1, 0.15) is 17.3 Å².